The fourth-order valence-corrected chi connectivity index (χ4v) is 5.75. The first kappa shape index (κ1) is 22.5. The molecule has 0 bridgehead atoms. The summed E-state index contributed by atoms with van der Waals surface area (Å²) in [5, 5.41) is 5.59. The number of amides is 1. The number of anilines is 1. The monoisotopic (exact) mass is 471 g/mol. The predicted octanol–water partition coefficient (Wildman–Crippen LogP) is 6.16. The van der Waals surface area contributed by atoms with E-state index in [1.165, 1.54) is 51.8 Å². The maximum Gasteiger partial charge on any atom is 0.263 e. The van der Waals surface area contributed by atoms with Gasteiger partial charge in [0.25, 0.3) is 5.56 Å². The van der Waals surface area contributed by atoms with Crippen LogP contribution in [0.25, 0.3) is 21.3 Å². The zero-order valence-electron chi connectivity index (χ0n) is 19.6. The Hall–Kier alpha value is -3.25. The van der Waals surface area contributed by atoms with Crippen molar-refractivity contribution < 1.29 is 4.79 Å². The number of benzene rings is 2. The number of hydrogen-bond donors (Lipinski definition) is 1. The first-order valence-corrected chi connectivity index (χ1v) is 13.0. The van der Waals surface area contributed by atoms with Crippen molar-refractivity contribution in [3.63, 3.8) is 0 Å². The Balaban J connectivity index is 1.50. The molecule has 34 heavy (non-hydrogen) atoms. The number of thiophene rings is 1. The SMILES string of the molecule is CCc1ccc(NC(=O)C(CC)n2cnc3scc(-c4ccc5c(c4)CCCC5)c3c2=O)cc1. The summed E-state index contributed by atoms with van der Waals surface area (Å²) in [7, 11) is 0. The van der Waals surface area contributed by atoms with E-state index < -0.39 is 6.04 Å². The number of carbonyl (C=O) groups is 1. The van der Waals surface area contributed by atoms with E-state index >= 15 is 0 Å². The van der Waals surface area contributed by atoms with Gasteiger partial charge in [-0.1, -0.05) is 44.2 Å². The molecule has 0 saturated carbocycles. The lowest BCUT2D eigenvalue weighted by molar-refractivity contribution is -0.119. The van der Waals surface area contributed by atoms with Gasteiger partial charge in [-0.2, -0.15) is 0 Å². The Bertz CT molecular complexity index is 1400. The van der Waals surface area contributed by atoms with Gasteiger partial charge in [0.2, 0.25) is 5.91 Å². The number of aryl methyl sites for hydroxylation is 3. The molecule has 1 aliphatic rings. The second-order valence-corrected chi connectivity index (χ2v) is 9.80. The van der Waals surface area contributed by atoms with E-state index in [-0.39, 0.29) is 11.5 Å². The fraction of sp³-hybridized carbons (Fsp3) is 0.321. The molecule has 0 fully saturated rings. The Labute approximate surface area is 203 Å². The molecule has 1 amide bonds. The Kier molecular flexibility index (Phi) is 6.33. The zero-order valence-corrected chi connectivity index (χ0v) is 20.5. The van der Waals surface area contributed by atoms with Crippen LogP contribution in [-0.4, -0.2) is 15.5 Å². The van der Waals surface area contributed by atoms with Crippen LogP contribution in [0, 0.1) is 0 Å². The smallest absolute Gasteiger partial charge is 0.263 e. The molecule has 5 nitrogen and oxygen atoms in total. The highest BCUT2D eigenvalue weighted by atomic mass is 32.1. The summed E-state index contributed by atoms with van der Waals surface area (Å²) in [6.07, 6.45) is 7.62. The summed E-state index contributed by atoms with van der Waals surface area (Å²) in [4.78, 5) is 32.1. The molecule has 2 heterocycles. The average molecular weight is 472 g/mol. The fourth-order valence-electron chi connectivity index (χ4n) is 4.84. The predicted molar refractivity (Wildman–Crippen MR) is 140 cm³/mol. The van der Waals surface area contributed by atoms with Gasteiger partial charge in [-0.15, -0.1) is 11.3 Å². The van der Waals surface area contributed by atoms with Crippen LogP contribution in [0.3, 0.4) is 0 Å². The number of carbonyl (C=O) groups excluding carboxylic acids is 1. The highest BCUT2D eigenvalue weighted by molar-refractivity contribution is 7.17. The first-order valence-electron chi connectivity index (χ1n) is 12.1. The third kappa shape index (κ3) is 4.18. The van der Waals surface area contributed by atoms with E-state index in [9.17, 15) is 9.59 Å². The van der Waals surface area contributed by atoms with E-state index in [0.29, 0.717) is 16.6 Å². The van der Waals surface area contributed by atoms with E-state index in [1.54, 1.807) is 0 Å². The zero-order chi connectivity index (χ0) is 23.7. The molecule has 1 N–H and O–H groups in total. The third-order valence-corrected chi connectivity index (χ3v) is 7.72. The molecule has 0 saturated heterocycles. The second-order valence-electron chi connectivity index (χ2n) is 8.94. The Morgan fingerprint density at radius 1 is 1.09 bits per heavy atom. The number of rotatable bonds is 6. The third-order valence-electron chi connectivity index (χ3n) is 6.83. The molecule has 2 aromatic carbocycles. The highest BCUT2D eigenvalue weighted by Gasteiger charge is 2.23. The van der Waals surface area contributed by atoms with Gasteiger partial charge in [-0.05, 0) is 72.9 Å². The molecule has 1 unspecified atom stereocenters. The van der Waals surface area contributed by atoms with Crippen LogP contribution in [0.2, 0.25) is 0 Å². The summed E-state index contributed by atoms with van der Waals surface area (Å²) in [5.74, 6) is -0.208. The van der Waals surface area contributed by atoms with Crippen molar-refractivity contribution in [2.24, 2.45) is 0 Å². The summed E-state index contributed by atoms with van der Waals surface area (Å²) in [6.45, 7) is 4.01. The average Bonchev–Trinajstić information content (AvgIpc) is 3.31. The van der Waals surface area contributed by atoms with Crippen molar-refractivity contribution in [3.8, 4) is 11.1 Å². The van der Waals surface area contributed by atoms with Crippen LogP contribution in [0.5, 0.6) is 0 Å². The standard InChI is InChI=1S/C28H29N3O2S/c1-3-18-9-13-22(14-10-18)30-26(32)24(4-2)31-17-29-27-25(28(31)33)23(16-34-27)21-12-11-19-7-5-6-8-20(19)15-21/h9-17,24H,3-8H2,1-2H3,(H,30,32). The summed E-state index contributed by atoms with van der Waals surface area (Å²) in [6, 6.07) is 13.7. The summed E-state index contributed by atoms with van der Waals surface area (Å²) >= 11 is 1.48. The van der Waals surface area contributed by atoms with Crippen LogP contribution >= 0.6 is 11.3 Å². The Morgan fingerprint density at radius 2 is 1.85 bits per heavy atom. The van der Waals surface area contributed by atoms with Crippen molar-refractivity contribution in [2.45, 2.75) is 58.4 Å². The summed E-state index contributed by atoms with van der Waals surface area (Å²) < 4.78 is 1.49. The Morgan fingerprint density at radius 3 is 2.59 bits per heavy atom. The molecule has 4 aromatic rings. The minimum atomic E-state index is -0.633. The number of nitrogens with one attached hydrogen (secondary N) is 1. The molecular formula is C28H29N3O2S. The molecule has 174 valence electrons. The van der Waals surface area contributed by atoms with Gasteiger partial charge in [0.1, 0.15) is 10.9 Å². The maximum atomic E-state index is 13.7. The van der Waals surface area contributed by atoms with Gasteiger partial charge in [-0.3, -0.25) is 14.2 Å². The van der Waals surface area contributed by atoms with Crippen molar-refractivity contribution in [1.29, 1.82) is 0 Å². The molecule has 0 radical (unpaired) electrons. The van der Waals surface area contributed by atoms with E-state index in [1.807, 2.05) is 36.6 Å². The lowest BCUT2D eigenvalue weighted by Crippen LogP contribution is -2.33. The highest BCUT2D eigenvalue weighted by Crippen LogP contribution is 2.34. The van der Waals surface area contributed by atoms with Gasteiger partial charge < -0.3 is 5.32 Å². The lowest BCUT2D eigenvalue weighted by atomic mass is 9.89. The molecule has 6 heteroatoms. The van der Waals surface area contributed by atoms with Gasteiger partial charge in [0.05, 0.1) is 11.7 Å². The van der Waals surface area contributed by atoms with Gasteiger partial charge >= 0.3 is 0 Å². The second kappa shape index (κ2) is 9.55. The molecule has 1 atom stereocenters. The van der Waals surface area contributed by atoms with Crippen LogP contribution < -0.4 is 10.9 Å². The molecular weight excluding hydrogens is 442 g/mol. The van der Waals surface area contributed by atoms with E-state index in [0.717, 1.165) is 36.1 Å². The number of aromatic nitrogens is 2. The van der Waals surface area contributed by atoms with Gasteiger partial charge in [0.15, 0.2) is 0 Å². The molecule has 1 aliphatic carbocycles. The number of hydrogen-bond acceptors (Lipinski definition) is 4. The van der Waals surface area contributed by atoms with Crippen molar-refractivity contribution in [3.05, 3.63) is 81.2 Å². The van der Waals surface area contributed by atoms with Crippen LogP contribution in [0.1, 0.15) is 55.8 Å². The van der Waals surface area contributed by atoms with E-state index in [4.69, 9.17) is 0 Å². The summed E-state index contributed by atoms with van der Waals surface area (Å²) in [5.41, 5.74) is 6.54. The minimum absolute atomic E-state index is 0.165. The maximum absolute atomic E-state index is 13.7. The van der Waals surface area contributed by atoms with Gasteiger partial charge in [0, 0.05) is 16.6 Å². The molecule has 0 aliphatic heterocycles. The minimum Gasteiger partial charge on any atom is -0.324 e. The molecule has 2 aromatic heterocycles. The van der Waals surface area contributed by atoms with Crippen molar-refractivity contribution >= 4 is 33.1 Å². The lowest BCUT2D eigenvalue weighted by Gasteiger charge is -2.18. The quantitative estimate of drug-likeness (QED) is 0.366. The largest absolute Gasteiger partial charge is 0.324 e. The van der Waals surface area contributed by atoms with Crippen LogP contribution in [0.15, 0.2) is 59.0 Å². The molecule has 0 spiro atoms. The van der Waals surface area contributed by atoms with Crippen LogP contribution in [0.4, 0.5) is 5.69 Å². The van der Waals surface area contributed by atoms with Gasteiger partial charge in [-0.25, -0.2) is 4.98 Å². The van der Waals surface area contributed by atoms with Crippen LogP contribution in [-0.2, 0) is 24.1 Å². The molecule has 5 rings (SSSR count). The van der Waals surface area contributed by atoms with Crippen molar-refractivity contribution in [1.82, 2.24) is 9.55 Å². The number of nitrogens with zero attached hydrogens (tertiary/aromatic N) is 2. The number of fused-ring (bicyclic) bond motifs is 2. The first-order chi connectivity index (χ1) is 16.6. The van der Waals surface area contributed by atoms with E-state index in [2.05, 4.69) is 35.4 Å². The van der Waals surface area contributed by atoms with Crippen molar-refractivity contribution in [2.75, 3.05) is 5.32 Å². The normalized spacial score (nSPS) is 14.1. The topological polar surface area (TPSA) is 64.0 Å².